The van der Waals surface area contributed by atoms with Crippen molar-refractivity contribution in [3.63, 3.8) is 0 Å². The molecule has 1 saturated carbocycles. The largest absolute Gasteiger partial charge is 0.396 e. The van der Waals surface area contributed by atoms with Gasteiger partial charge in [-0.2, -0.15) is 0 Å². The fourth-order valence-corrected chi connectivity index (χ4v) is 1.50. The first-order valence-corrected chi connectivity index (χ1v) is 4.54. The van der Waals surface area contributed by atoms with Crippen molar-refractivity contribution in [2.75, 3.05) is 11.1 Å². The first kappa shape index (κ1) is 8.29. The van der Waals surface area contributed by atoms with Gasteiger partial charge in [0.2, 0.25) is 5.95 Å². The van der Waals surface area contributed by atoms with E-state index in [2.05, 4.69) is 22.2 Å². The van der Waals surface area contributed by atoms with Gasteiger partial charge in [-0.15, -0.1) is 0 Å². The van der Waals surface area contributed by atoms with Gasteiger partial charge in [0.25, 0.3) is 0 Å². The fourth-order valence-electron chi connectivity index (χ4n) is 1.50. The molecule has 70 valence electrons. The number of hydrogen-bond acceptors (Lipinski definition) is 4. The molecule has 1 fully saturated rings. The Bertz CT molecular complexity index is 289. The van der Waals surface area contributed by atoms with Gasteiger partial charge in [-0.25, -0.2) is 9.97 Å². The molecule has 0 bridgehead atoms. The van der Waals surface area contributed by atoms with Crippen LogP contribution in [0.4, 0.5) is 11.6 Å². The average molecular weight is 178 g/mol. The highest BCUT2D eigenvalue weighted by Crippen LogP contribution is 2.33. The van der Waals surface area contributed by atoms with Crippen LogP contribution in [-0.2, 0) is 0 Å². The Morgan fingerprint density at radius 3 is 2.46 bits per heavy atom. The van der Waals surface area contributed by atoms with Gasteiger partial charge < -0.3 is 11.1 Å². The average Bonchev–Trinajstić information content (AvgIpc) is 2.06. The first-order chi connectivity index (χ1) is 6.18. The third-order valence-electron chi connectivity index (χ3n) is 2.54. The lowest BCUT2D eigenvalue weighted by Gasteiger charge is -2.39. The molecule has 0 radical (unpaired) electrons. The zero-order valence-electron chi connectivity index (χ0n) is 7.75. The van der Waals surface area contributed by atoms with E-state index in [1.165, 1.54) is 19.3 Å². The van der Waals surface area contributed by atoms with Crippen LogP contribution in [0.2, 0.25) is 0 Å². The van der Waals surface area contributed by atoms with Crippen molar-refractivity contribution in [3.8, 4) is 0 Å². The summed E-state index contributed by atoms with van der Waals surface area (Å²) >= 11 is 0. The van der Waals surface area contributed by atoms with Crippen molar-refractivity contribution < 1.29 is 0 Å². The van der Waals surface area contributed by atoms with E-state index in [0.29, 0.717) is 11.6 Å². The number of nitrogens with two attached hydrogens (primary N) is 1. The summed E-state index contributed by atoms with van der Waals surface area (Å²) < 4.78 is 0. The van der Waals surface area contributed by atoms with Crippen molar-refractivity contribution in [1.29, 1.82) is 0 Å². The molecule has 0 atom stereocenters. The highest BCUT2D eigenvalue weighted by Gasteiger charge is 2.31. The van der Waals surface area contributed by atoms with Crippen molar-refractivity contribution in [3.05, 3.63) is 12.4 Å². The maximum absolute atomic E-state index is 5.48. The van der Waals surface area contributed by atoms with Crippen molar-refractivity contribution in [2.24, 2.45) is 0 Å². The lowest BCUT2D eigenvalue weighted by molar-refractivity contribution is 0.305. The summed E-state index contributed by atoms with van der Waals surface area (Å²) in [5, 5.41) is 3.30. The molecule has 4 nitrogen and oxygen atoms in total. The van der Waals surface area contributed by atoms with E-state index in [4.69, 9.17) is 5.73 Å². The number of aromatic nitrogens is 2. The molecule has 0 saturated heterocycles. The third kappa shape index (κ3) is 1.71. The summed E-state index contributed by atoms with van der Waals surface area (Å²) in [4.78, 5) is 8.20. The molecule has 0 unspecified atom stereocenters. The normalized spacial score (nSPS) is 19.2. The Kier molecular flexibility index (Phi) is 1.83. The van der Waals surface area contributed by atoms with Crippen molar-refractivity contribution in [2.45, 2.75) is 31.7 Å². The number of nitrogen functional groups attached to an aromatic ring is 1. The van der Waals surface area contributed by atoms with E-state index in [1.54, 1.807) is 12.4 Å². The van der Waals surface area contributed by atoms with E-state index >= 15 is 0 Å². The maximum atomic E-state index is 5.48. The van der Waals surface area contributed by atoms with Crippen LogP contribution in [0.1, 0.15) is 26.2 Å². The van der Waals surface area contributed by atoms with Gasteiger partial charge in [0.15, 0.2) is 0 Å². The van der Waals surface area contributed by atoms with E-state index in [1.807, 2.05) is 0 Å². The Labute approximate surface area is 77.6 Å². The summed E-state index contributed by atoms with van der Waals surface area (Å²) in [6.45, 7) is 2.19. The van der Waals surface area contributed by atoms with E-state index in [-0.39, 0.29) is 5.54 Å². The number of nitrogens with one attached hydrogen (secondary N) is 1. The number of hydrogen-bond donors (Lipinski definition) is 2. The quantitative estimate of drug-likeness (QED) is 0.718. The molecule has 1 aliphatic rings. The van der Waals surface area contributed by atoms with E-state index in [9.17, 15) is 0 Å². The predicted molar refractivity (Wildman–Crippen MR) is 52.3 cm³/mol. The minimum absolute atomic E-state index is 0.204. The zero-order chi connectivity index (χ0) is 9.31. The maximum Gasteiger partial charge on any atom is 0.223 e. The van der Waals surface area contributed by atoms with Gasteiger partial charge >= 0.3 is 0 Å². The Hall–Kier alpha value is -1.32. The summed E-state index contributed by atoms with van der Waals surface area (Å²) in [5.41, 5.74) is 6.29. The molecule has 0 spiro atoms. The van der Waals surface area contributed by atoms with Crippen LogP contribution in [0, 0.1) is 0 Å². The van der Waals surface area contributed by atoms with Gasteiger partial charge in [-0.3, -0.25) is 0 Å². The molecule has 1 aromatic rings. The van der Waals surface area contributed by atoms with Crippen molar-refractivity contribution in [1.82, 2.24) is 9.97 Å². The molecular weight excluding hydrogens is 164 g/mol. The van der Waals surface area contributed by atoms with Crippen LogP contribution >= 0.6 is 0 Å². The predicted octanol–water partition coefficient (Wildman–Crippen LogP) is 1.41. The molecule has 2 rings (SSSR count). The monoisotopic (exact) mass is 178 g/mol. The second-order valence-corrected chi connectivity index (χ2v) is 3.88. The minimum Gasteiger partial charge on any atom is -0.396 e. The second kappa shape index (κ2) is 2.87. The third-order valence-corrected chi connectivity index (χ3v) is 2.54. The molecule has 0 aromatic carbocycles. The molecule has 3 N–H and O–H groups in total. The molecular formula is C9H14N4. The lowest BCUT2D eigenvalue weighted by atomic mass is 9.79. The standard InChI is InChI=1S/C9H14N4/c1-9(3-2-4-9)13-8-11-5-7(10)6-12-8/h5-6H,2-4,10H2,1H3,(H,11,12,13). The van der Waals surface area contributed by atoms with Crippen molar-refractivity contribution >= 4 is 11.6 Å². The van der Waals surface area contributed by atoms with Gasteiger partial charge in [0, 0.05) is 5.54 Å². The molecule has 0 aliphatic heterocycles. The second-order valence-electron chi connectivity index (χ2n) is 3.88. The number of anilines is 2. The van der Waals surface area contributed by atoms with E-state index in [0.717, 1.165) is 0 Å². The van der Waals surface area contributed by atoms with Crippen LogP contribution in [-0.4, -0.2) is 15.5 Å². The summed E-state index contributed by atoms with van der Waals surface area (Å²) in [5.74, 6) is 0.677. The zero-order valence-corrected chi connectivity index (χ0v) is 7.75. The van der Waals surface area contributed by atoms with Crippen LogP contribution in [0.3, 0.4) is 0 Å². The van der Waals surface area contributed by atoms with Gasteiger partial charge in [-0.05, 0) is 26.2 Å². The topological polar surface area (TPSA) is 63.8 Å². The SMILES string of the molecule is CC1(Nc2ncc(N)cn2)CCC1. The lowest BCUT2D eigenvalue weighted by Crippen LogP contribution is -2.42. The number of rotatable bonds is 2. The van der Waals surface area contributed by atoms with Gasteiger partial charge in [0.05, 0.1) is 18.1 Å². The summed E-state index contributed by atoms with van der Waals surface area (Å²) in [6, 6.07) is 0. The minimum atomic E-state index is 0.204. The first-order valence-electron chi connectivity index (χ1n) is 4.54. The Balaban J connectivity index is 2.05. The molecule has 1 aliphatic carbocycles. The molecule has 4 heteroatoms. The summed E-state index contributed by atoms with van der Waals surface area (Å²) in [6.07, 6.45) is 6.93. The van der Waals surface area contributed by atoms with Crippen LogP contribution in [0.5, 0.6) is 0 Å². The highest BCUT2D eigenvalue weighted by atomic mass is 15.1. The Morgan fingerprint density at radius 2 is 2.00 bits per heavy atom. The molecule has 0 amide bonds. The fraction of sp³-hybridized carbons (Fsp3) is 0.556. The van der Waals surface area contributed by atoms with Crippen LogP contribution in [0.25, 0.3) is 0 Å². The van der Waals surface area contributed by atoms with Gasteiger partial charge in [0.1, 0.15) is 0 Å². The van der Waals surface area contributed by atoms with Gasteiger partial charge in [-0.1, -0.05) is 0 Å². The smallest absolute Gasteiger partial charge is 0.223 e. The summed E-state index contributed by atoms with van der Waals surface area (Å²) in [7, 11) is 0. The van der Waals surface area contributed by atoms with E-state index < -0.39 is 0 Å². The highest BCUT2D eigenvalue weighted by molar-refractivity contribution is 5.37. The van der Waals surface area contributed by atoms with Crippen LogP contribution < -0.4 is 11.1 Å². The molecule has 13 heavy (non-hydrogen) atoms. The number of nitrogens with zero attached hydrogens (tertiary/aromatic N) is 2. The molecule has 1 aromatic heterocycles. The molecule has 1 heterocycles. The van der Waals surface area contributed by atoms with Crippen LogP contribution in [0.15, 0.2) is 12.4 Å². The Morgan fingerprint density at radius 1 is 1.38 bits per heavy atom.